The fraction of sp³-hybridized carbons (Fsp3) is 0.360. The van der Waals surface area contributed by atoms with Crippen LogP contribution in [0.1, 0.15) is 56.1 Å². The molecule has 3 amide bonds. The molecule has 0 fully saturated rings. The minimum absolute atomic E-state index is 0.0783. The molecule has 32 heavy (non-hydrogen) atoms. The number of imide groups is 1. The number of phenolic OH excluding ortho intramolecular Hbond substituents is 1. The molecule has 4 rings (SSSR count). The normalized spacial score (nSPS) is 20.7. The molecule has 2 heterocycles. The second kappa shape index (κ2) is 7.76. The van der Waals surface area contributed by atoms with Crippen molar-refractivity contribution in [2.45, 2.75) is 52.7 Å². The largest absolute Gasteiger partial charge is 0.508 e. The highest BCUT2D eigenvalue weighted by Crippen LogP contribution is 2.44. The molecule has 0 bridgehead atoms. The maximum atomic E-state index is 13.6. The van der Waals surface area contributed by atoms with Gasteiger partial charge < -0.3 is 10.1 Å². The van der Waals surface area contributed by atoms with Crippen LogP contribution in [0.25, 0.3) is 10.9 Å². The second-order valence-electron chi connectivity index (χ2n) is 9.55. The molecule has 0 saturated heterocycles. The lowest BCUT2D eigenvalue weighted by Gasteiger charge is -2.42. The number of aromatic hydroxyl groups is 1. The van der Waals surface area contributed by atoms with Crippen LogP contribution in [0.5, 0.6) is 5.75 Å². The number of hydroxylamine groups is 1. The number of aryl methyl sites for hydroxylation is 1. The Balaban J connectivity index is 1.94. The fourth-order valence-corrected chi connectivity index (χ4v) is 4.62. The molecular weight excluding hydrogens is 406 g/mol. The third kappa shape index (κ3) is 3.67. The van der Waals surface area contributed by atoms with Crippen LogP contribution in [0.4, 0.5) is 4.79 Å². The number of carbonyl (C=O) groups is 2. The Morgan fingerprint density at radius 1 is 1.19 bits per heavy atom. The average molecular weight is 437 g/mol. The maximum absolute atomic E-state index is 13.6. The van der Waals surface area contributed by atoms with E-state index in [0.717, 1.165) is 27.7 Å². The first-order chi connectivity index (χ1) is 15.0. The van der Waals surface area contributed by atoms with Gasteiger partial charge in [0, 0.05) is 22.9 Å². The average Bonchev–Trinajstić information content (AvgIpc) is 3.08. The highest BCUT2D eigenvalue weighted by molar-refractivity contribution is 5.88. The van der Waals surface area contributed by atoms with Gasteiger partial charge in [-0.15, -0.1) is 0 Å². The number of hydrogen-bond donors (Lipinski definition) is 3. The van der Waals surface area contributed by atoms with E-state index in [2.05, 4.69) is 16.5 Å². The van der Waals surface area contributed by atoms with Crippen molar-refractivity contribution < 1.29 is 24.0 Å². The summed E-state index contributed by atoms with van der Waals surface area (Å²) < 4.78 is -0.488. The fourth-order valence-electron chi connectivity index (χ4n) is 4.62. The molecule has 1 aliphatic heterocycles. The second-order valence-corrected chi connectivity index (χ2v) is 9.55. The zero-order valence-corrected chi connectivity index (χ0v) is 19.2. The number of amides is 3. The quantitative estimate of drug-likeness (QED) is 0.403. The molecule has 0 aliphatic carbocycles. The van der Waals surface area contributed by atoms with Crippen molar-refractivity contribution in [2.24, 2.45) is 0 Å². The summed E-state index contributed by atoms with van der Waals surface area (Å²) in [6.07, 6.45) is 0.552. The monoisotopic (exact) mass is 436 g/mol. The van der Waals surface area contributed by atoms with Gasteiger partial charge in [0.1, 0.15) is 5.75 Å². The van der Waals surface area contributed by atoms with Crippen LogP contribution in [0.15, 0.2) is 42.5 Å². The van der Waals surface area contributed by atoms with Crippen LogP contribution in [-0.4, -0.2) is 38.7 Å². The maximum Gasteiger partial charge on any atom is 0.448 e. The lowest BCUT2D eigenvalue weighted by Crippen LogP contribution is -2.64. The zero-order valence-electron chi connectivity index (χ0n) is 19.2. The van der Waals surface area contributed by atoms with Gasteiger partial charge in [-0.05, 0) is 57.5 Å². The number of urea groups is 1. The summed E-state index contributed by atoms with van der Waals surface area (Å²) in [6, 6.07) is 11.8. The summed E-state index contributed by atoms with van der Waals surface area (Å²) in [7, 11) is 0. The zero-order chi connectivity index (χ0) is 23.3. The van der Waals surface area contributed by atoms with Crippen LogP contribution < -0.4 is 5.48 Å². The number of phenols is 1. The van der Waals surface area contributed by atoms with Crippen molar-refractivity contribution in [3.8, 4) is 5.75 Å². The number of aromatic nitrogens is 1. The summed E-state index contributed by atoms with van der Waals surface area (Å²) in [5, 5.41) is 11.3. The number of benzene rings is 2. The van der Waals surface area contributed by atoms with Gasteiger partial charge in [-0.1, -0.05) is 23.8 Å². The van der Waals surface area contributed by atoms with E-state index >= 15 is 0 Å². The number of rotatable bonds is 2. The van der Waals surface area contributed by atoms with Crippen molar-refractivity contribution in [1.29, 1.82) is 0 Å². The highest BCUT2D eigenvalue weighted by Gasteiger charge is 2.55. The Kier molecular flexibility index (Phi) is 5.35. The first kappa shape index (κ1) is 22.0. The summed E-state index contributed by atoms with van der Waals surface area (Å²) in [6.45, 7) is 9.24. The molecule has 3 N–H and O–H groups in total. The number of nitrogens with one attached hydrogen (secondary N) is 2. The summed E-state index contributed by atoms with van der Waals surface area (Å²) >= 11 is 0. The van der Waals surface area contributed by atoms with Crippen LogP contribution in [0.3, 0.4) is 0 Å². The number of carbonyl (C=O) groups excluding carboxylic acids is 2. The predicted molar refractivity (Wildman–Crippen MR) is 122 cm³/mol. The van der Waals surface area contributed by atoms with Gasteiger partial charge >= 0.3 is 11.9 Å². The Bertz CT molecular complexity index is 1210. The number of quaternary nitrogens is 1. The molecule has 2 atom stereocenters. The molecule has 0 spiro atoms. The number of aromatic amines is 1. The number of nitrogens with zero attached hydrogens (tertiary/aromatic N) is 1. The Morgan fingerprint density at radius 2 is 1.94 bits per heavy atom. The molecular formula is C25H30N3O4+. The van der Waals surface area contributed by atoms with Crippen molar-refractivity contribution in [1.82, 2.24) is 10.5 Å². The molecule has 168 valence electrons. The van der Waals surface area contributed by atoms with E-state index in [-0.39, 0.29) is 18.2 Å². The van der Waals surface area contributed by atoms with Crippen molar-refractivity contribution in [3.05, 3.63) is 64.8 Å². The third-order valence-corrected chi connectivity index (χ3v) is 6.08. The molecule has 0 saturated carbocycles. The lowest BCUT2D eigenvalue weighted by atomic mass is 9.89. The topological polar surface area (TPSA) is 91.4 Å². The standard InChI is InChI=1S/C25H29N3O4/c1-15-9-10-21-20(13-15)19-11-12-28(16(2)29,24(31)27-32-25(3,4)5)23(22(19)26-21)17-7-6-8-18(30)14-17/h6-10,13-14,23,26H,11-12H2,1-5H3,(H-,27,30,31)/p+1. The smallest absolute Gasteiger partial charge is 0.448 e. The van der Waals surface area contributed by atoms with E-state index in [9.17, 15) is 14.7 Å². The van der Waals surface area contributed by atoms with Crippen molar-refractivity contribution in [2.75, 3.05) is 6.54 Å². The van der Waals surface area contributed by atoms with Gasteiger partial charge in [-0.25, -0.2) is 9.59 Å². The van der Waals surface area contributed by atoms with E-state index in [0.29, 0.717) is 12.0 Å². The number of hydrogen-bond acceptors (Lipinski definition) is 4. The minimum Gasteiger partial charge on any atom is -0.508 e. The highest BCUT2D eigenvalue weighted by atomic mass is 16.7. The lowest BCUT2D eigenvalue weighted by molar-refractivity contribution is -0.805. The van der Waals surface area contributed by atoms with E-state index in [1.807, 2.05) is 45.9 Å². The van der Waals surface area contributed by atoms with Crippen LogP contribution in [-0.2, 0) is 16.1 Å². The van der Waals surface area contributed by atoms with E-state index in [4.69, 9.17) is 4.84 Å². The van der Waals surface area contributed by atoms with E-state index in [1.54, 1.807) is 18.2 Å². The summed E-state index contributed by atoms with van der Waals surface area (Å²) in [5.74, 6) is -0.219. The molecule has 3 aromatic rings. The van der Waals surface area contributed by atoms with Gasteiger partial charge in [0.2, 0.25) is 0 Å². The third-order valence-electron chi connectivity index (χ3n) is 6.08. The molecule has 0 radical (unpaired) electrons. The first-order valence-corrected chi connectivity index (χ1v) is 10.8. The summed E-state index contributed by atoms with van der Waals surface area (Å²) in [4.78, 5) is 35.8. The SMILES string of the molecule is CC(=O)[N+]1(C(=O)NOC(C)(C)C)CCc2c([nH]c3ccc(C)cc23)C1c1cccc(O)c1. The minimum atomic E-state index is -0.653. The Labute approximate surface area is 187 Å². The first-order valence-electron chi connectivity index (χ1n) is 10.8. The van der Waals surface area contributed by atoms with Gasteiger partial charge in [-0.3, -0.25) is 4.84 Å². The molecule has 2 unspecified atom stereocenters. The molecule has 2 aromatic carbocycles. The molecule has 1 aromatic heterocycles. The molecule has 1 aliphatic rings. The predicted octanol–water partition coefficient (Wildman–Crippen LogP) is 4.63. The Hall–Kier alpha value is -3.16. The number of fused-ring (bicyclic) bond motifs is 3. The van der Waals surface area contributed by atoms with Crippen LogP contribution >= 0.6 is 0 Å². The van der Waals surface area contributed by atoms with E-state index < -0.39 is 22.2 Å². The van der Waals surface area contributed by atoms with Crippen LogP contribution in [0.2, 0.25) is 0 Å². The number of H-pyrrole nitrogens is 1. The van der Waals surface area contributed by atoms with Crippen molar-refractivity contribution in [3.63, 3.8) is 0 Å². The van der Waals surface area contributed by atoms with E-state index in [1.165, 1.54) is 6.92 Å². The molecule has 7 heteroatoms. The van der Waals surface area contributed by atoms with Crippen molar-refractivity contribution >= 4 is 22.8 Å². The van der Waals surface area contributed by atoms with Crippen LogP contribution in [0, 0.1) is 6.92 Å². The molecule has 7 nitrogen and oxygen atoms in total. The van der Waals surface area contributed by atoms with Gasteiger partial charge in [0.15, 0.2) is 6.04 Å². The Morgan fingerprint density at radius 3 is 2.59 bits per heavy atom. The van der Waals surface area contributed by atoms with Gasteiger partial charge in [0.05, 0.1) is 24.8 Å². The van der Waals surface area contributed by atoms with Gasteiger partial charge in [0.25, 0.3) is 0 Å². The van der Waals surface area contributed by atoms with Gasteiger partial charge in [-0.2, -0.15) is 9.96 Å². The summed E-state index contributed by atoms with van der Waals surface area (Å²) in [5.41, 5.74) is 6.60.